The summed E-state index contributed by atoms with van der Waals surface area (Å²) in [6.45, 7) is -0.178. The lowest BCUT2D eigenvalue weighted by molar-refractivity contribution is -0.0249. The fraction of sp³-hybridized carbons (Fsp3) is 0.556. The van der Waals surface area contributed by atoms with E-state index in [1.54, 1.807) is 0 Å². The van der Waals surface area contributed by atoms with Crippen LogP contribution < -0.4 is 10.3 Å². The predicted molar refractivity (Wildman–Crippen MR) is 48.5 cm³/mol. The van der Waals surface area contributed by atoms with Crippen LogP contribution in [-0.2, 0) is 4.74 Å². The molecule has 2 aliphatic rings. The Hall–Kier alpha value is -1.47. The van der Waals surface area contributed by atoms with Gasteiger partial charge in [0.25, 0.3) is 0 Å². The molecule has 1 aromatic heterocycles. The number of fused-ring (bicyclic) bond motifs is 4. The number of aliphatic hydroxyl groups is 1. The Morgan fingerprint density at radius 1 is 1.69 bits per heavy atom. The Morgan fingerprint density at radius 3 is 3.25 bits per heavy atom. The smallest absolute Gasteiger partial charge is 0.311 e. The molecule has 1 aromatic rings. The number of hydrogen-bond acceptors (Lipinski definition) is 5. The van der Waals surface area contributed by atoms with Crippen molar-refractivity contribution in [2.45, 2.75) is 24.9 Å². The molecule has 3 atom stereocenters. The molecule has 1 fully saturated rings. The van der Waals surface area contributed by atoms with Crippen LogP contribution in [0.4, 0.5) is 4.39 Å². The summed E-state index contributed by atoms with van der Waals surface area (Å²) in [6.07, 6.45) is 0.332. The molecule has 0 spiro atoms. The van der Waals surface area contributed by atoms with Crippen molar-refractivity contribution in [1.82, 2.24) is 9.55 Å². The lowest BCUT2D eigenvalue weighted by Gasteiger charge is -2.23. The van der Waals surface area contributed by atoms with Crippen molar-refractivity contribution < 1.29 is 19.0 Å². The van der Waals surface area contributed by atoms with Gasteiger partial charge in [-0.2, -0.15) is 9.37 Å². The van der Waals surface area contributed by atoms with Crippen LogP contribution in [0, 0.1) is 5.82 Å². The third kappa shape index (κ3) is 1.25. The fourth-order valence-corrected chi connectivity index (χ4v) is 2.02. The van der Waals surface area contributed by atoms with Gasteiger partial charge in [-0.1, -0.05) is 0 Å². The van der Waals surface area contributed by atoms with Gasteiger partial charge in [0.1, 0.15) is 18.4 Å². The van der Waals surface area contributed by atoms with Gasteiger partial charge in [-0.05, 0) is 0 Å². The van der Waals surface area contributed by atoms with E-state index in [2.05, 4.69) is 4.98 Å². The summed E-state index contributed by atoms with van der Waals surface area (Å²) in [5.41, 5.74) is -0.951. The molecule has 6 nitrogen and oxygen atoms in total. The normalized spacial score (nSPS) is 31.0. The van der Waals surface area contributed by atoms with E-state index in [4.69, 9.17) is 14.6 Å². The van der Waals surface area contributed by atoms with E-state index in [1.807, 2.05) is 0 Å². The van der Waals surface area contributed by atoms with Crippen molar-refractivity contribution in [2.24, 2.45) is 0 Å². The maximum absolute atomic E-state index is 13.1. The summed E-state index contributed by atoms with van der Waals surface area (Å²) in [6, 6.07) is 0.0450. The highest BCUT2D eigenvalue weighted by atomic mass is 19.1. The molecule has 2 bridgehead atoms. The summed E-state index contributed by atoms with van der Waals surface area (Å²) in [7, 11) is 0. The van der Waals surface area contributed by atoms with Crippen LogP contribution >= 0.6 is 0 Å². The molecule has 1 unspecified atom stereocenters. The molecule has 0 radical (unpaired) electrons. The summed E-state index contributed by atoms with van der Waals surface area (Å²) < 4.78 is 25.2. The van der Waals surface area contributed by atoms with E-state index in [-0.39, 0.29) is 18.7 Å². The van der Waals surface area contributed by atoms with Crippen LogP contribution in [0.3, 0.4) is 0 Å². The molecular weight excluding hydrogens is 219 g/mol. The second-order valence-corrected chi connectivity index (χ2v) is 3.79. The molecule has 0 aromatic carbocycles. The summed E-state index contributed by atoms with van der Waals surface area (Å²) >= 11 is 0. The van der Waals surface area contributed by atoms with Crippen molar-refractivity contribution in [3.63, 3.8) is 0 Å². The van der Waals surface area contributed by atoms with E-state index >= 15 is 0 Å². The monoisotopic (exact) mass is 228 g/mol. The minimum atomic E-state index is -0.951. The number of hydrogen-bond donors (Lipinski definition) is 1. The molecule has 16 heavy (non-hydrogen) atoms. The molecular formula is C9H9FN2O4. The van der Waals surface area contributed by atoms with Gasteiger partial charge in [-0.25, -0.2) is 0 Å². The Bertz CT molecular complexity index is 489. The first-order valence-corrected chi connectivity index (χ1v) is 4.90. The number of ether oxygens (including phenoxy) is 2. The van der Waals surface area contributed by atoms with Gasteiger partial charge in [-0.15, -0.1) is 0 Å². The molecule has 0 amide bonds. The minimum Gasteiger partial charge on any atom is -0.458 e. The van der Waals surface area contributed by atoms with E-state index in [0.29, 0.717) is 6.42 Å². The van der Waals surface area contributed by atoms with Crippen LogP contribution in [0.5, 0.6) is 6.01 Å². The maximum Gasteiger partial charge on any atom is 0.311 e. The quantitative estimate of drug-likeness (QED) is 0.696. The molecule has 86 valence electrons. The van der Waals surface area contributed by atoms with Crippen LogP contribution in [0.25, 0.3) is 0 Å². The molecule has 3 heterocycles. The highest BCUT2D eigenvalue weighted by Crippen LogP contribution is 2.37. The SMILES string of the molecule is O=c1nc2n(cc1F)[C@H]1CC(O2)[C@@H](CO)O1. The Kier molecular flexibility index (Phi) is 1.98. The molecule has 1 saturated heterocycles. The second kappa shape index (κ2) is 3.26. The maximum atomic E-state index is 13.1. The lowest BCUT2D eigenvalue weighted by atomic mass is 10.2. The zero-order valence-electron chi connectivity index (χ0n) is 8.17. The number of aliphatic hydroxyl groups excluding tert-OH is 1. The Morgan fingerprint density at radius 2 is 2.50 bits per heavy atom. The molecule has 0 aliphatic carbocycles. The number of rotatable bonds is 1. The number of halogens is 1. The standard InChI is InChI=1S/C9H9FN2O4/c10-4-2-12-7-1-5(6(3-13)15-7)16-9(12)11-8(4)14/h2,5-7,13H,1,3H2/t5?,6-,7-/m1/s1. The summed E-state index contributed by atoms with van der Waals surface area (Å²) in [5, 5.41) is 9.03. The third-order valence-corrected chi connectivity index (χ3v) is 2.80. The van der Waals surface area contributed by atoms with E-state index in [0.717, 1.165) is 6.20 Å². The van der Waals surface area contributed by atoms with Crippen LogP contribution in [0.2, 0.25) is 0 Å². The molecule has 3 rings (SSSR count). The van der Waals surface area contributed by atoms with Gasteiger partial charge >= 0.3 is 11.6 Å². The molecule has 0 saturated carbocycles. The van der Waals surface area contributed by atoms with Crippen molar-refractivity contribution in [3.05, 3.63) is 22.4 Å². The fourth-order valence-electron chi connectivity index (χ4n) is 2.02. The Labute approximate surface area is 89.2 Å². The average molecular weight is 228 g/mol. The van der Waals surface area contributed by atoms with Gasteiger partial charge in [-0.3, -0.25) is 9.36 Å². The Balaban J connectivity index is 2.06. The van der Waals surface area contributed by atoms with Gasteiger partial charge in [0.2, 0.25) is 5.82 Å². The van der Waals surface area contributed by atoms with Gasteiger partial charge < -0.3 is 14.6 Å². The van der Waals surface area contributed by atoms with Crippen LogP contribution in [-0.4, -0.2) is 33.5 Å². The first kappa shape index (κ1) is 9.73. The van der Waals surface area contributed by atoms with Gasteiger partial charge in [0.15, 0.2) is 0 Å². The van der Waals surface area contributed by atoms with E-state index in [1.165, 1.54) is 4.57 Å². The van der Waals surface area contributed by atoms with Gasteiger partial charge in [0, 0.05) is 6.42 Å². The largest absolute Gasteiger partial charge is 0.458 e. The van der Waals surface area contributed by atoms with Crippen molar-refractivity contribution >= 4 is 0 Å². The first-order chi connectivity index (χ1) is 7.69. The zero-order chi connectivity index (χ0) is 11.3. The van der Waals surface area contributed by atoms with Gasteiger partial charge in [0.05, 0.1) is 12.8 Å². The topological polar surface area (TPSA) is 73.6 Å². The second-order valence-electron chi connectivity index (χ2n) is 3.79. The minimum absolute atomic E-state index is 0.0450. The number of aromatic nitrogens is 2. The zero-order valence-corrected chi connectivity index (χ0v) is 8.17. The van der Waals surface area contributed by atoms with E-state index in [9.17, 15) is 9.18 Å². The number of nitrogens with zero attached hydrogens (tertiary/aromatic N) is 2. The highest BCUT2D eigenvalue weighted by molar-refractivity contribution is 5.08. The summed E-state index contributed by atoms with van der Waals surface area (Å²) in [4.78, 5) is 14.5. The molecule has 2 aliphatic heterocycles. The highest BCUT2D eigenvalue weighted by Gasteiger charge is 2.42. The van der Waals surface area contributed by atoms with Crippen LogP contribution in [0.15, 0.2) is 11.0 Å². The predicted octanol–water partition coefficient (Wildman–Crippen LogP) is -0.577. The third-order valence-electron chi connectivity index (χ3n) is 2.80. The first-order valence-electron chi connectivity index (χ1n) is 4.90. The average Bonchev–Trinajstić information content (AvgIpc) is 2.60. The van der Waals surface area contributed by atoms with E-state index < -0.39 is 23.7 Å². The van der Waals surface area contributed by atoms with Crippen LogP contribution in [0.1, 0.15) is 12.6 Å². The molecule has 1 N–H and O–H groups in total. The van der Waals surface area contributed by atoms with Crippen molar-refractivity contribution in [1.29, 1.82) is 0 Å². The van der Waals surface area contributed by atoms with Crippen molar-refractivity contribution in [2.75, 3.05) is 6.61 Å². The lowest BCUT2D eigenvalue weighted by Crippen LogP contribution is -2.33. The molecule has 7 heteroatoms. The van der Waals surface area contributed by atoms with Crippen molar-refractivity contribution in [3.8, 4) is 6.01 Å². The summed E-state index contributed by atoms with van der Waals surface area (Å²) in [5.74, 6) is -0.943.